The van der Waals surface area contributed by atoms with Gasteiger partial charge < -0.3 is 10.5 Å². The zero-order valence-electron chi connectivity index (χ0n) is 12.1. The average Bonchev–Trinajstić information content (AvgIpc) is 2.41. The number of ether oxygens (including phenoxy) is 1. The van der Waals surface area contributed by atoms with E-state index in [2.05, 4.69) is 26.8 Å². The van der Waals surface area contributed by atoms with Crippen molar-refractivity contribution >= 4 is 5.91 Å². The molecule has 104 valence electrons. The van der Waals surface area contributed by atoms with E-state index in [0.717, 1.165) is 16.9 Å². The predicted molar refractivity (Wildman–Crippen MR) is 79.9 cm³/mol. The van der Waals surface area contributed by atoms with Crippen LogP contribution in [-0.4, -0.2) is 5.91 Å². The van der Waals surface area contributed by atoms with Crippen LogP contribution in [-0.2, 0) is 6.61 Å². The summed E-state index contributed by atoms with van der Waals surface area (Å²) in [5, 5.41) is 0. The normalized spacial score (nSPS) is 10.3. The molecule has 0 atom stereocenters. The number of aryl methyl sites for hydroxylation is 2. The Bertz CT molecular complexity index is 630. The Balaban J connectivity index is 2.11. The molecule has 0 bridgehead atoms. The molecule has 20 heavy (non-hydrogen) atoms. The largest absolute Gasteiger partial charge is 0.489 e. The number of hydrogen-bond acceptors (Lipinski definition) is 2. The zero-order chi connectivity index (χ0) is 14.7. The summed E-state index contributed by atoms with van der Waals surface area (Å²) in [6, 6.07) is 11.3. The molecule has 0 saturated heterocycles. The van der Waals surface area contributed by atoms with Crippen molar-refractivity contribution in [2.45, 2.75) is 27.4 Å². The van der Waals surface area contributed by atoms with Crippen LogP contribution in [0.2, 0.25) is 0 Å². The molecule has 1 amide bonds. The molecule has 0 aromatic heterocycles. The molecule has 0 aliphatic carbocycles. The molecule has 2 rings (SSSR count). The predicted octanol–water partition coefficient (Wildman–Crippen LogP) is 3.29. The summed E-state index contributed by atoms with van der Waals surface area (Å²) < 4.78 is 5.87. The number of hydrogen-bond donors (Lipinski definition) is 1. The van der Waals surface area contributed by atoms with Crippen molar-refractivity contribution in [2.75, 3.05) is 0 Å². The summed E-state index contributed by atoms with van der Waals surface area (Å²) in [6.07, 6.45) is 0. The molecule has 0 heterocycles. The summed E-state index contributed by atoms with van der Waals surface area (Å²) in [5.41, 5.74) is 10.3. The summed E-state index contributed by atoms with van der Waals surface area (Å²) >= 11 is 0. The Labute approximate surface area is 119 Å². The highest BCUT2D eigenvalue weighted by molar-refractivity contribution is 5.92. The van der Waals surface area contributed by atoms with E-state index in [9.17, 15) is 4.79 Å². The molecule has 0 aliphatic rings. The monoisotopic (exact) mass is 269 g/mol. The maximum atomic E-state index is 11.0. The summed E-state index contributed by atoms with van der Waals surface area (Å²) in [7, 11) is 0. The Morgan fingerprint density at radius 3 is 2.35 bits per heavy atom. The molecule has 3 nitrogen and oxygen atoms in total. The van der Waals surface area contributed by atoms with Crippen molar-refractivity contribution < 1.29 is 9.53 Å². The van der Waals surface area contributed by atoms with E-state index in [0.29, 0.717) is 12.2 Å². The van der Waals surface area contributed by atoms with Crippen molar-refractivity contribution in [3.63, 3.8) is 0 Å². The van der Waals surface area contributed by atoms with E-state index < -0.39 is 5.91 Å². The van der Waals surface area contributed by atoms with Crippen molar-refractivity contribution in [2.24, 2.45) is 5.73 Å². The minimum absolute atomic E-state index is 0.414. The lowest BCUT2D eigenvalue weighted by atomic mass is 10.1. The highest BCUT2D eigenvalue weighted by atomic mass is 16.5. The van der Waals surface area contributed by atoms with Crippen LogP contribution in [0.3, 0.4) is 0 Å². The van der Waals surface area contributed by atoms with Crippen LogP contribution < -0.4 is 10.5 Å². The van der Waals surface area contributed by atoms with Crippen molar-refractivity contribution in [1.29, 1.82) is 0 Å². The van der Waals surface area contributed by atoms with Gasteiger partial charge in [0.25, 0.3) is 0 Å². The van der Waals surface area contributed by atoms with Gasteiger partial charge in [-0.2, -0.15) is 0 Å². The first-order valence-corrected chi connectivity index (χ1v) is 6.57. The van der Waals surface area contributed by atoms with E-state index in [1.807, 2.05) is 18.2 Å². The molecule has 0 aliphatic heterocycles. The SMILES string of the molecule is Cc1cc(C)c(C)c(OCc2ccc(C(N)=O)cc2)c1. The molecule has 0 unspecified atom stereocenters. The van der Waals surface area contributed by atoms with Gasteiger partial charge in [-0.1, -0.05) is 18.2 Å². The molecule has 0 spiro atoms. The Kier molecular flexibility index (Phi) is 4.08. The van der Waals surface area contributed by atoms with Gasteiger partial charge in [-0.15, -0.1) is 0 Å². The number of primary amides is 1. The highest BCUT2D eigenvalue weighted by Gasteiger charge is 2.05. The van der Waals surface area contributed by atoms with Crippen LogP contribution in [0, 0.1) is 20.8 Å². The highest BCUT2D eigenvalue weighted by Crippen LogP contribution is 2.24. The van der Waals surface area contributed by atoms with Gasteiger partial charge >= 0.3 is 0 Å². The van der Waals surface area contributed by atoms with Crippen LogP contribution in [0.1, 0.15) is 32.6 Å². The third-order valence-electron chi connectivity index (χ3n) is 3.40. The second-order valence-corrected chi connectivity index (χ2v) is 5.05. The summed E-state index contributed by atoms with van der Waals surface area (Å²) in [5.74, 6) is 0.490. The number of rotatable bonds is 4. The van der Waals surface area contributed by atoms with Gasteiger partial charge in [-0.05, 0) is 61.2 Å². The molecule has 0 fully saturated rings. The number of benzene rings is 2. The molecule has 2 aromatic carbocycles. The lowest BCUT2D eigenvalue weighted by Crippen LogP contribution is -2.10. The first-order chi connectivity index (χ1) is 9.47. The van der Waals surface area contributed by atoms with E-state index >= 15 is 0 Å². The Hall–Kier alpha value is -2.29. The quantitative estimate of drug-likeness (QED) is 0.926. The lowest BCUT2D eigenvalue weighted by molar-refractivity contribution is 0.1000. The number of amides is 1. The molecule has 2 N–H and O–H groups in total. The van der Waals surface area contributed by atoms with Crippen molar-refractivity contribution in [3.8, 4) is 5.75 Å². The number of nitrogens with two attached hydrogens (primary N) is 1. The van der Waals surface area contributed by atoms with Gasteiger partial charge in [0.2, 0.25) is 5.91 Å². The van der Waals surface area contributed by atoms with E-state index in [1.54, 1.807) is 12.1 Å². The summed E-state index contributed by atoms with van der Waals surface area (Å²) in [6.45, 7) is 6.67. The first kappa shape index (κ1) is 14.1. The zero-order valence-corrected chi connectivity index (χ0v) is 12.1. The van der Waals surface area contributed by atoms with Crippen molar-refractivity contribution in [1.82, 2.24) is 0 Å². The second-order valence-electron chi connectivity index (χ2n) is 5.05. The van der Waals surface area contributed by atoms with Crippen LogP contribution in [0.15, 0.2) is 36.4 Å². The molecular weight excluding hydrogens is 250 g/mol. The Morgan fingerprint density at radius 2 is 1.75 bits per heavy atom. The first-order valence-electron chi connectivity index (χ1n) is 6.57. The maximum Gasteiger partial charge on any atom is 0.248 e. The minimum Gasteiger partial charge on any atom is -0.489 e. The van der Waals surface area contributed by atoms with Gasteiger partial charge in [0, 0.05) is 5.56 Å². The fourth-order valence-corrected chi connectivity index (χ4v) is 2.08. The topological polar surface area (TPSA) is 52.3 Å². The van der Waals surface area contributed by atoms with Gasteiger partial charge in [0.15, 0.2) is 0 Å². The third kappa shape index (κ3) is 3.18. The van der Waals surface area contributed by atoms with E-state index in [1.165, 1.54) is 11.1 Å². The minimum atomic E-state index is -0.414. The lowest BCUT2D eigenvalue weighted by Gasteiger charge is -2.12. The molecule has 0 radical (unpaired) electrons. The van der Waals surface area contributed by atoms with Crippen LogP contribution >= 0.6 is 0 Å². The van der Waals surface area contributed by atoms with E-state index in [-0.39, 0.29) is 0 Å². The van der Waals surface area contributed by atoms with Crippen LogP contribution in [0.25, 0.3) is 0 Å². The van der Waals surface area contributed by atoms with Gasteiger partial charge in [0.05, 0.1) is 0 Å². The van der Waals surface area contributed by atoms with Crippen LogP contribution in [0.4, 0.5) is 0 Å². The van der Waals surface area contributed by atoms with Crippen LogP contribution in [0.5, 0.6) is 5.75 Å². The average molecular weight is 269 g/mol. The van der Waals surface area contributed by atoms with Gasteiger partial charge in [0.1, 0.15) is 12.4 Å². The Morgan fingerprint density at radius 1 is 1.10 bits per heavy atom. The molecular formula is C17H19NO2. The summed E-state index contributed by atoms with van der Waals surface area (Å²) in [4.78, 5) is 11.0. The third-order valence-corrected chi connectivity index (χ3v) is 3.40. The smallest absolute Gasteiger partial charge is 0.248 e. The standard InChI is InChI=1S/C17H19NO2/c1-11-8-12(2)13(3)16(9-11)20-10-14-4-6-15(7-5-14)17(18)19/h4-9H,10H2,1-3H3,(H2,18,19). The molecule has 2 aromatic rings. The molecule has 3 heteroatoms. The maximum absolute atomic E-state index is 11.0. The number of carbonyl (C=O) groups is 1. The van der Waals surface area contributed by atoms with Gasteiger partial charge in [-0.3, -0.25) is 4.79 Å². The second kappa shape index (κ2) is 5.78. The van der Waals surface area contributed by atoms with Gasteiger partial charge in [-0.25, -0.2) is 0 Å². The van der Waals surface area contributed by atoms with E-state index in [4.69, 9.17) is 10.5 Å². The fourth-order valence-electron chi connectivity index (χ4n) is 2.08. The number of carbonyl (C=O) groups excluding carboxylic acids is 1. The molecule has 0 saturated carbocycles. The fraction of sp³-hybridized carbons (Fsp3) is 0.235. The van der Waals surface area contributed by atoms with Crippen molar-refractivity contribution in [3.05, 3.63) is 64.2 Å².